The van der Waals surface area contributed by atoms with Crippen LogP contribution in [0.1, 0.15) is 55.4 Å². The highest BCUT2D eigenvalue weighted by Gasteiger charge is 2.50. The van der Waals surface area contributed by atoms with E-state index in [1.807, 2.05) is 0 Å². The lowest BCUT2D eigenvalue weighted by Gasteiger charge is -2.20. The molecule has 0 spiro atoms. The van der Waals surface area contributed by atoms with Crippen LogP contribution in [0.4, 0.5) is 0 Å². The zero-order chi connectivity index (χ0) is 34.1. The van der Waals surface area contributed by atoms with Gasteiger partial charge in [-0.25, -0.2) is 14.4 Å². The van der Waals surface area contributed by atoms with Crippen molar-refractivity contribution in [3.05, 3.63) is 24.3 Å². The minimum absolute atomic E-state index is 0.0643. The van der Waals surface area contributed by atoms with Gasteiger partial charge in [0.2, 0.25) is 0 Å². The summed E-state index contributed by atoms with van der Waals surface area (Å²) in [4.78, 5) is 43.6. The Balaban J connectivity index is 0.000000842. The zero-order valence-electron chi connectivity index (χ0n) is 27.0. The fourth-order valence-corrected chi connectivity index (χ4v) is 3.33. The monoisotopic (exact) mass is 670 g/mol. The lowest BCUT2D eigenvalue weighted by atomic mass is 9.99. The minimum atomic E-state index is -0.699. The summed E-state index contributed by atoms with van der Waals surface area (Å²) in [6.45, 7) is 23.4. The van der Waals surface area contributed by atoms with Crippen molar-refractivity contribution in [2.75, 3.05) is 52.5 Å². The van der Waals surface area contributed by atoms with E-state index >= 15 is 0 Å². The van der Waals surface area contributed by atoms with E-state index in [1.54, 1.807) is 0 Å². The number of fused-ring (bicyclic) bond motifs is 1. The molecule has 4 atom stereocenters. The predicted molar refractivity (Wildman–Crippen MR) is 163 cm³/mol. The maximum absolute atomic E-state index is 11.8. The van der Waals surface area contributed by atoms with Crippen molar-refractivity contribution in [3.63, 3.8) is 0 Å². The average molecular weight is 672 g/mol. The normalized spacial score (nSPS) is 20.6. The van der Waals surface area contributed by atoms with Gasteiger partial charge in [0.1, 0.15) is 31.2 Å². The van der Waals surface area contributed by atoms with Crippen molar-refractivity contribution in [1.82, 2.24) is 0 Å². The first-order valence-electron chi connectivity index (χ1n) is 13.9. The third-order valence-corrected chi connectivity index (χ3v) is 5.36. The number of hydrogen-bond acceptors (Lipinski definition) is 12. The molecule has 0 aromatic rings. The van der Waals surface area contributed by atoms with Gasteiger partial charge in [0.15, 0.2) is 19.3 Å². The van der Waals surface area contributed by atoms with Crippen molar-refractivity contribution in [2.45, 2.75) is 79.8 Å². The van der Waals surface area contributed by atoms with Gasteiger partial charge in [0, 0.05) is 11.1 Å². The molecule has 2 heterocycles. The lowest BCUT2D eigenvalue weighted by Crippen LogP contribution is -2.36. The fraction of sp³-hybridized carbons (Fsp3) is 0.733. The summed E-state index contributed by atoms with van der Waals surface area (Å²) in [6, 6.07) is 0.303. The number of esters is 3. The SMILES string of the molecule is C=C(C)C(=O)OCC(=O)Cl.C=C(C)C(=O)OCC(=O)O[C@H]1CO[C@H]2[C@@H]1OC[C@H]2OCOCC(C)(C)C.CC(C)(C)COCCl. The summed E-state index contributed by atoms with van der Waals surface area (Å²) >= 11 is 10.2. The summed E-state index contributed by atoms with van der Waals surface area (Å²) in [6.07, 6.45) is -1.54. The van der Waals surface area contributed by atoms with Gasteiger partial charge in [-0.2, -0.15) is 0 Å². The minimum Gasteiger partial charge on any atom is -0.454 e. The molecule has 2 fully saturated rings. The molecule has 0 aliphatic carbocycles. The highest BCUT2D eigenvalue weighted by Crippen LogP contribution is 2.30. The highest BCUT2D eigenvalue weighted by atomic mass is 35.5. The second-order valence-electron chi connectivity index (χ2n) is 12.4. The van der Waals surface area contributed by atoms with Gasteiger partial charge in [-0.3, -0.25) is 4.79 Å². The van der Waals surface area contributed by atoms with Crippen molar-refractivity contribution in [2.24, 2.45) is 10.8 Å². The fourth-order valence-electron chi connectivity index (χ4n) is 3.20. The van der Waals surface area contributed by atoms with E-state index in [9.17, 15) is 19.2 Å². The number of rotatable bonds is 13. The number of ether oxygens (including phenoxy) is 8. The molecule has 0 radical (unpaired) electrons. The molecule has 0 aromatic carbocycles. The smallest absolute Gasteiger partial charge is 0.344 e. The Hall–Kier alpha value is -2.06. The molecule has 0 aromatic heterocycles. The first-order valence-corrected chi connectivity index (χ1v) is 14.8. The second kappa shape index (κ2) is 20.9. The van der Waals surface area contributed by atoms with Crippen LogP contribution in [-0.2, 0) is 57.1 Å². The van der Waals surface area contributed by atoms with Crippen LogP contribution < -0.4 is 0 Å². The van der Waals surface area contributed by atoms with E-state index in [2.05, 4.69) is 59.4 Å². The molecule has 0 N–H and O–H groups in total. The first kappa shape index (κ1) is 41.9. The number of alkyl halides is 1. The largest absolute Gasteiger partial charge is 0.454 e. The molecule has 0 bridgehead atoms. The topological polar surface area (TPSA) is 142 Å². The van der Waals surface area contributed by atoms with E-state index in [-0.39, 0.29) is 47.6 Å². The van der Waals surface area contributed by atoms with Crippen LogP contribution in [0.5, 0.6) is 0 Å². The summed E-state index contributed by atoms with van der Waals surface area (Å²) in [7, 11) is 0. The number of carbonyl (C=O) groups is 4. The lowest BCUT2D eigenvalue weighted by molar-refractivity contribution is -0.164. The van der Waals surface area contributed by atoms with Crippen LogP contribution >= 0.6 is 23.2 Å². The quantitative estimate of drug-likeness (QED) is 0.0523. The maximum atomic E-state index is 11.8. The Bertz CT molecular complexity index is 955. The summed E-state index contributed by atoms with van der Waals surface area (Å²) in [5, 5.41) is -0.699. The summed E-state index contributed by atoms with van der Waals surface area (Å²) in [5.74, 6) is -1.90. The van der Waals surface area contributed by atoms with Gasteiger partial charge in [-0.15, -0.1) is 0 Å². The molecule has 254 valence electrons. The molecule has 0 amide bonds. The van der Waals surface area contributed by atoms with Crippen LogP contribution in [-0.4, -0.2) is 100 Å². The first-order chi connectivity index (χ1) is 20.3. The van der Waals surface area contributed by atoms with Crippen LogP contribution in [0.3, 0.4) is 0 Å². The molecule has 2 aliphatic heterocycles. The van der Waals surface area contributed by atoms with E-state index in [1.165, 1.54) is 13.8 Å². The second-order valence-corrected chi connectivity index (χ2v) is 13.1. The van der Waals surface area contributed by atoms with E-state index in [4.69, 9.17) is 56.4 Å². The molecule has 0 unspecified atom stereocenters. The Kier molecular flexibility index (Phi) is 19.9. The van der Waals surface area contributed by atoms with Gasteiger partial charge in [0.25, 0.3) is 5.24 Å². The van der Waals surface area contributed by atoms with Crippen LogP contribution in [0.15, 0.2) is 24.3 Å². The Morgan fingerprint density at radius 2 is 1.23 bits per heavy atom. The molecule has 2 saturated heterocycles. The maximum Gasteiger partial charge on any atom is 0.344 e. The van der Waals surface area contributed by atoms with E-state index in [0.29, 0.717) is 19.3 Å². The molecule has 0 saturated carbocycles. The molecule has 2 aliphatic rings. The molecule has 12 nitrogen and oxygen atoms in total. The molecular weight excluding hydrogens is 623 g/mol. The summed E-state index contributed by atoms with van der Waals surface area (Å²) in [5.41, 5.74) is 0.775. The van der Waals surface area contributed by atoms with Gasteiger partial charge < -0.3 is 37.9 Å². The zero-order valence-corrected chi connectivity index (χ0v) is 28.5. The molecular formula is C30H48Cl2O12. The van der Waals surface area contributed by atoms with Crippen molar-refractivity contribution < 1.29 is 57.1 Å². The molecule has 44 heavy (non-hydrogen) atoms. The average Bonchev–Trinajstić information content (AvgIpc) is 3.49. The third kappa shape index (κ3) is 20.1. The van der Waals surface area contributed by atoms with Crippen molar-refractivity contribution in [3.8, 4) is 0 Å². The third-order valence-electron chi connectivity index (χ3n) is 5.09. The summed E-state index contributed by atoms with van der Waals surface area (Å²) < 4.78 is 41.9. The van der Waals surface area contributed by atoms with Crippen molar-refractivity contribution >= 4 is 46.4 Å². The van der Waals surface area contributed by atoms with Gasteiger partial charge in [-0.1, -0.05) is 66.3 Å². The van der Waals surface area contributed by atoms with Crippen LogP contribution in [0.2, 0.25) is 0 Å². The Morgan fingerprint density at radius 1 is 0.773 bits per heavy atom. The number of hydrogen-bond donors (Lipinski definition) is 0. The van der Waals surface area contributed by atoms with Crippen LogP contribution in [0.25, 0.3) is 0 Å². The van der Waals surface area contributed by atoms with Crippen molar-refractivity contribution in [1.29, 1.82) is 0 Å². The Labute approximate surface area is 270 Å². The number of halogens is 2. The standard InChI is InChI=1S/C18H28O8.C6H7ClO3.C6H13ClO/c1-11(2)17(20)24-8-14(19)26-13-7-23-15-12(6-22-16(13)15)25-10-21-9-18(3,4)5;1-4(2)6(9)10-3-5(7)8;1-6(2,3)4-8-5-7/h12-13,15-16H,1,6-10H2,2-5H3;1,3H2,2H3;4-5H2,1-3H3/t12-,13+,15-,16-;;/m1../s1. The van der Waals surface area contributed by atoms with Gasteiger partial charge >= 0.3 is 17.9 Å². The molecule has 2 rings (SSSR count). The predicted octanol–water partition coefficient (Wildman–Crippen LogP) is 4.34. The molecule has 14 heteroatoms. The van der Waals surface area contributed by atoms with E-state index in [0.717, 1.165) is 6.61 Å². The van der Waals surface area contributed by atoms with Gasteiger partial charge in [0.05, 0.1) is 26.4 Å². The Morgan fingerprint density at radius 3 is 1.66 bits per heavy atom. The van der Waals surface area contributed by atoms with Crippen LogP contribution in [0, 0.1) is 10.8 Å². The number of carbonyl (C=O) groups excluding carboxylic acids is 4. The van der Waals surface area contributed by atoms with E-state index < -0.39 is 48.6 Å². The highest BCUT2D eigenvalue weighted by molar-refractivity contribution is 6.64. The van der Waals surface area contributed by atoms with Gasteiger partial charge in [-0.05, 0) is 36.3 Å².